The van der Waals surface area contributed by atoms with E-state index in [0.29, 0.717) is 46.2 Å². The molecular weight excluding hydrogens is 497 g/mol. The SMILES string of the molecule is Cc1cc(C(=O)NC2CCC(O)CC2)ccc1Nc1ncc(Cl)c(Nc2ccccc2P(C)(C)=O)n1. The highest BCUT2D eigenvalue weighted by molar-refractivity contribution is 7.70. The van der Waals surface area contributed by atoms with Crippen LogP contribution in [0.4, 0.5) is 23.1 Å². The highest BCUT2D eigenvalue weighted by Gasteiger charge is 2.22. The Bertz CT molecular complexity index is 1300. The summed E-state index contributed by atoms with van der Waals surface area (Å²) in [5.41, 5.74) is 2.87. The molecule has 36 heavy (non-hydrogen) atoms. The number of carbonyl (C=O) groups excluding carboxylic acids is 1. The number of aromatic nitrogens is 2. The van der Waals surface area contributed by atoms with Gasteiger partial charge in [0.2, 0.25) is 5.95 Å². The van der Waals surface area contributed by atoms with Gasteiger partial charge in [-0.2, -0.15) is 4.98 Å². The predicted molar refractivity (Wildman–Crippen MR) is 146 cm³/mol. The second kappa shape index (κ2) is 11.0. The number of aliphatic hydroxyl groups is 1. The molecule has 4 N–H and O–H groups in total. The van der Waals surface area contributed by atoms with Gasteiger partial charge < -0.3 is 25.6 Å². The van der Waals surface area contributed by atoms with Gasteiger partial charge in [-0.25, -0.2) is 4.98 Å². The van der Waals surface area contributed by atoms with Crippen LogP contribution in [0.2, 0.25) is 5.02 Å². The van der Waals surface area contributed by atoms with Crippen LogP contribution >= 0.6 is 18.7 Å². The molecule has 4 rings (SSSR count). The standard InChI is InChI=1S/C26H31ClN5O3P/c1-16-14-17(25(34)29-18-9-11-19(33)12-10-18)8-13-21(16)31-26-28-15-20(27)24(32-26)30-22-6-4-5-7-23(22)36(2,3)35/h4-8,13-15,18-19,33H,9-12H2,1-3H3,(H,29,34)(H2,28,30,31,32). The molecule has 0 aliphatic heterocycles. The molecule has 0 unspecified atom stereocenters. The highest BCUT2D eigenvalue weighted by Crippen LogP contribution is 2.38. The lowest BCUT2D eigenvalue weighted by Gasteiger charge is -2.26. The molecule has 0 bridgehead atoms. The smallest absolute Gasteiger partial charge is 0.251 e. The fourth-order valence-corrected chi connectivity index (χ4v) is 5.54. The van der Waals surface area contributed by atoms with E-state index < -0.39 is 7.14 Å². The van der Waals surface area contributed by atoms with E-state index in [1.807, 2.05) is 43.3 Å². The first kappa shape index (κ1) is 26.1. The molecule has 1 heterocycles. The van der Waals surface area contributed by atoms with Gasteiger partial charge in [0.15, 0.2) is 5.82 Å². The molecule has 8 nitrogen and oxygen atoms in total. The van der Waals surface area contributed by atoms with Crippen molar-refractivity contribution in [2.24, 2.45) is 0 Å². The van der Waals surface area contributed by atoms with E-state index in [-0.39, 0.29) is 18.1 Å². The molecule has 2 aromatic carbocycles. The Hall–Kier alpha value is -2.93. The molecule has 0 radical (unpaired) electrons. The van der Waals surface area contributed by atoms with Crippen molar-refractivity contribution in [1.29, 1.82) is 0 Å². The van der Waals surface area contributed by atoms with E-state index in [9.17, 15) is 14.5 Å². The number of halogens is 1. The van der Waals surface area contributed by atoms with Crippen LogP contribution in [0.25, 0.3) is 0 Å². The molecule has 3 aromatic rings. The lowest BCUT2D eigenvalue weighted by Crippen LogP contribution is -2.38. The number of aliphatic hydroxyl groups excluding tert-OH is 1. The van der Waals surface area contributed by atoms with Gasteiger partial charge in [-0.3, -0.25) is 4.79 Å². The van der Waals surface area contributed by atoms with Crippen molar-refractivity contribution in [2.75, 3.05) is 24.0 Å². The first-order valence-electron chi connectivity index (χ1n) is 11.9. The quantitative estimate of drug-likeness (QED) is 0.312. The second-order valence-corrected chi connectivity index (χ2v) is 13.1. The Balaban J connectivity index is 1.48. The Morgan fingerprint density at radius 1 is 1.06 bits per heavy atom. The number of rotatable bonds is 7. The summed E-state index contributed by atoms with van der Waals surface area (Å²) in [7, 11) is -2.52. The van der Waals surface area contributed by atoms with E-state index >= 15 is 0 Å². The summed E-state index contributed by atoms with van der Waals surface area (Å²) in [6.07, 6.45) is 4.24. The maximum Gasteiger partial charge on any atom is 0.251 e. The van der Waals surface area contributed by atoms with Crippen molar-refractivity contribution in [3.05, 3.63) is 64.8 Å². The highest BCUT2D eigenvalue weighted by atomic mass is 35.5. The number of hydrogen-bond acceptors (Lipinski definition) is 7. The van der Waals surface area contributed by atoms with Crippen LogP contribution in [0.15, 0.2) is 48.7 Å². The number of hydrogen-bond donors (Lipinski definition) is 4. The number of benzene rings is 2. The second-order valence-electron chi connectivity index (χ2n) is 9.52. The minimum Gasteiger partial charge on any atom is -0.393 e. The molecule has 190 valence electrons. The third-order valence-corrected chi connectivity index (χ3v) is 8.08. The van der Waals surface area contributed by atoms with Crippen LogP contribution in [-0.4, -0.2) is 46.5 Å². The summed E-state index contributed by atoms with van der Waals surface area (Å²) in [5, 5.41) is 20.1. The van der Waals surface area contributed by atoms with Crippen molar-refractivity contribution < 1.29 is 14.5 Å². The molecule has 0 saturated heterocycles. The van der Waals surface area contributed by atoms with Gasteiger partial charge in [-0.05, 0) is 81.8 Å². The Labute approximate surface area is 216 Å². The van der Waals surface area contributed by atoms with Crippen LogP contribution in [0.1, 0.15) is 41.6 Å². The normalized spacial score (nSPS) is 17.9. The van der Waals surface area contributed by atoms with Gasteiger partial charge in [0, 0.05) is 22.6 Å². The minimum absolute atomic E-state index is 0.0897. The van der Waals surface area contributed by atoms with Gasteiger partial charge >= 0.3 is 0 Å². The molecule has 1 fully saturated rings. The Morgan fingerprint density at radius 3 is 2.47 bits per heavy atom. The zero-order valence-electron chi connectivity index (χ0n) is 20.6. The van der Waals surface area contributed by atoms with Crippen LogP contribution in [0, 0.1) is 6.92 Å². The Kier molecular flexibility index (Phi) is 7.98. The van der Waals surface area contributed by atoms with Crippen molar-refractivity contribution in [1.82, 2.24) is 15.3 Å². The number of nitrogens with one attached hydrogen (secondary N) is 3. The summed E-state index contributed by atoms with van der Waals surface area (Å²) in [4.78, 5) is 21.5. The van der Waals surface area contributed by atoms with E-state index in [1.165, 1.54) is 6.20 Å². The summed E-state index contributed by atoms with van der Waals surface area (Å²) in [6, 6.07) is 12.9. The molecule has 1 aliphatic carbocycles. The number of nitrogens with zero attached hydrogens (tertiary/aromatic N) is 2. The molecule has 1 saturated carbocycles. The molecule has 0 atom stereocenters. The number of carbonyl (C=O) groups is 1. The maximum absolute atomic E-state index is 12.7. The van der Waals surface area contributed by atoms with Crippen molar-refractivity contribution in [3.8, 4) is 0 Å². The third-order valence-electron chi connectivity index (χ3n) is 6.25. The van der Waals surface area contributed by atoms with Crippen LogP contribution in [0.5, 0.6) is 0 Å². The summed E-state index contributed by atoms with van der Waals surface area (Å²) in [5.74, 6) is 0.598. The average molecular weight is 528 g/mol. The maximum atomic E-state index is 12.7. The van der Waals surface area contributed by atoms with E-state index in [1.54, 1.807) is 19.4 Å². The van der Waals surface area contributed by atoms with Gasteiger partial charge in [0.1, 0.15) is 12.2 Å². The minimum atomic E-state index is -2.52. The number of para-hydroxylation sites is 1. The van der Waals surface area contributed by atoms with Crippen LogP contribution < -0.4 is 21.3 Å². The van der Waals surface area contributed by atoms with Crippen LogP contribution in [-0.2, 0) is 4.57 Å². The van der Waals surface area contributed by atoms with Gasteiger partial charge in [0.25, 0.3) is 5.91 Å². The fraction of sp³-hybridized carbons (Fsp3) is 0.346. The van der Waals surface area contributed by atoms with Gasteiger partial charge in [0.05, 0.1) is 18.0 Å². The summed E-state index contributed by atoms with van der Waals surface area (Å²) >= 11 is 6.35. The molecule has 1 amide bonds. The molecule has 1 aliphatic rings. The first-order valence-corrected chi connectivity index (χ1v) is 14.9. The molecular formula is C26H31ClN5O3P. The lowest BCUT2D eigenvalue weighted by atomic mass is 9.93. The van der Waals surface area contributed by atoms with Gasteiger partial charge in [-0.1, -0.05) is 23.7 Å². The van der Waals surface area contributed by atoms with Crippen molar-refractivity contribution >= 4 is 53.1 Å². The fourth-order valence-electron chi connectivity index (χ4n) is 4.25. The third kappa shape index (κ3) is 6.44. The summed E-state index contributed by atoms with van der Waals surface area (Å²) in [6.45, 7) is 5.34. The number of amides is 1. The van der Waals surface area contributed by atoms with E-state index in [0.717, 1.165) is 24.1 Å². The lowest BCUT2D eigenvalue weighted by molar-refractivity contribution is 0.0867. The molecule has 10 heteroatoms. The number of aryl methyl sites for hydroxylation is 1. The molecule has 0 spiro atoms. The van der Waals surface area contributed by atoms with E-state index in [2.05, 4.69) is 25.9 Å². The van der Waals surface area contributed by atoms with Crippen molar-refractivity contribution in [2.45, 2.75) is 44.8 Å². The average Bonchev–Trinajstić information content (AvgIpc) is 2.83. The van der Waals surface area contributed by atoms with Gasteiger partial charge in [-0.15, -0.1) is 0 Å². The zero-order chi connectivity index (χ0) is 25.9. The van der Waals surface area contributed by atoms with Crippen molar-refractivity contribution in [3.63, 3.8) is 0 Å². The van der Waals surface area contributed by atoms with E-state index in [4.69, 9.17) is 11.6 Å². The van der Waals surface area contributed by atoms with Crippen LogP contribution in [0.3, 0.4) is 0 Å². The number of anilines is 4. The Morgan fingerprint density at radius 2 is 1.78 bits per heavy atom. The topological polar surface area (TPSA) is 116 Å². The monoisotopic (exact) mass is 527 g/mol. The molecule has 1 aromatic heterocycles. The zero-order valence-corrected chi connectivity index (χ0v) is 22.2. The summed E-state index contributed by atoms with van der Waals surface area (Å²) < 4.78 is 12.7. The first-order chi connectivity index (χ1) is 17.1. The predicted octanol–water partition coefficient (Wildman–Crippen LogP) is 5.21. The largest absolute Gasteiger partial charge is 0.393 e.